The minimum atomic E-state index is 1.35. The van der Waals surface area contributed by atoms with E-state index in [-0.39, 0.29) is 0 Å². The Balaban J connectivity index is 3.33. The molecule has 0 aromatic rings. The first kappa shape index (κ1) is 34.0. The molecular weight excluding hydrogens is 410 g/mol. The van der Waals surface area contributed by atoms with Gasteiger partial charge in [0.1, 0.15) is 0 Å². The monoisotopic (exact) mass is 481 g/mol. The molecule has 1 nitrogen and oxygen atoms in total. The molecule has 34 heavy (non-hydrogen) atoms. The first-order valence-corrected chi connectivity index (χ1v) is 16.6. The number of nitrogens with zero attached hydrogens (tertiary/aromatic N) is 1. The minimum absolute atomic E-state index is 1.35. The van der Waals surface area contributed by atoms with Gasteiger partial charge in [0.2, 0.25) is 0 Å². The van der Waals surface area contributed by atoms with E-state index in [2.05, 4.69) is 27.7 Å². The molecule has 0 aliphatic rings. The van der Waals surface area contributed by atoms with Crippen LogP contribution in [0.2, 0.25) is 0 Å². The molecule has 0 aliphatic heterocycles. The van der Waals surface area contributed by atoms with Crippen LogP contribution >= 0.6 is 0 Å². The third kappa shape index (κ3) is 22.4. The van der Waals surface area contributed by atoms with E-state index >= 15 is 0 Å². The van der Waals surface area contributed by atoms with Crippen LogP contribution in [0.4, 0.5) is 0 Å². The summed E-state index contributed by atoms with van der Waals surface area (Å²) in [5.74, 6) is 0. The van der Waals surface area contributed by atoms with E-state index in [4.69, 9.17) is 0 Å². The van der Waals surface area contributed by atoms with Crippen molar-refractivity contribution in [1.82, 2.24) is 0 Å². The van der Waals surface area contributed by atoms with Gasteiger partial charge in [0, 0.05) is 0 Å². The lowest BCUT2D eigenvalue weighted by Gasteiger charge is -2.38. The normalized spacial score (nSPS) is 12.0. The molecule has 206 valence electrons. The highest BCUT2D eigenvalue weighted by Gasteiger charge is 2.23. The predicted octanol–water partition coefficient (Wildman–Crippen LogP) is 11.6. The molecule has 0 rings (SSSR count). The molecule has 0 heterocycles. The lowest BCUT2D eigenvalue weighted by atomic mass is 10.0. The van der Waals surface area contributed by atoms with E-state index in [0.717, 1.165) is 0 Å². The topological polar surface area (TPSA) is 0 Å². The molecule has 0 atom stereocenters. The van der Waals surface area contributed by atoms with E-state index < -0.39 is 0 Å². The largest absolute Gasteiger partial charge is 0.324 e. The Morgan fingerprint density at radius 1 is 0.235 bits per heavy atom. The van der Waals surface area contributed by atoms with Crippen LogP contribution in [0.3, 0.4) is 0 Å². The molecule has 0 N–H and O–H groups in total. The van der Waals surface area contributed by atoms with Crippen molar-refractivity contribution in [3.05, 3.63) is 0 Å². The van der Waals surface area contributed by atoms with Crippen molar-refractivity contribution >= 4 is 0 Å². The Labute approximate surface area is 218 Å². The van der Waals surface area contributed by atoms with Crippen LogP contribution in [0.25, 0.3) is 0 Å². The van der Waals surface area contributed by atoms with E-state index in [0.29, 0.717) is 0 Å². The second kappa shape index (κ2) is 27.5. The Morgan fingerprint density at radius 2 is 0.471 bits per heavy atom. The average molecular weight is 481 g/mol. The lowest BCUT2D eigenvalue weighted by molar-refractivity contribution is -0.928. The summed E-state index contributed by atoms with van der Waals surface area (Å²) >= 11 is 0. The van der Waals surface area contributed by atoms with Crippen molar-refractivity contribution in [3.63, 3.8) is 0 Å². The maximum Gasteiger partial charge on any atom is 0.0786 e. The Morgan fingerprint density at radius 3 is 0.706 bits per heavy atom. The van der Waals surface area contributed by atoms with E-state index in [1.165, 1.54) is 191 Å². The van der Waals surface area contributed by atoms with Crippen molar-refractivity contribution in [2.45, 2.75) is 188 Å². The number of unbranched alkanes of at least 4 members (excludes halogenated alkanes) is 21. The molecular formula is C33H70N+. The molecule has 0 bridgehead atoms. The molecule has 0 spiro atoms. The van der Waals surface area contributed by atoms with Crippen LogP contribution in [-0.2, 0) is 0 Å². The summed E-state index contributed by atoms with van der Waals surface area (Å²) in [6, 6.07) is 0. The summed E-state index contributed by atoms with van der Waals surface area (Å²) in [5, 5.41) is 0. The smallest absolute Gasteiger partial charge is 0.0786 e. The van der Waals surface area contributed by atoms with Gasteiger partial charge in [-0.15, -0.1) is 0 Å². The third-order valence-electron chi connectivity index (χ3n) is 8.08. The lowest BCUT2D eigenvalue weighted by Crippen LogP contribution is -2.50. The Bertz CT molecular complexity index is 347. The van der Waals surface area contributed by atoms with Crippen LogP contribution in [-0.4, -0.2) is 30.7 Å². The maximum absolute atomic E-state index is 2.37. The maximum atomic E-state index is 2.37. The highest BCUT2D eigenvalue weighted by atomic mass is 15.3. The number of hydrogen-bond acceptors (Lipinski definition) is 0. The van der Waals surface area contributed by atoms with Crippen LogP contribution in [0.1, 0.15) is 188 Å². The van der Waals surface area contributed by atoms with Gasteiger partial charge in [-0.3, -0.25) is 0 Å². The first-order chi connectivity index (χ1) is 16.7. The van der Waals surface area contributed by atoms with Gasteiger partial charge in [0.05, 0.1) is 26.2 Å². The van der Waals surface area contributed by atoms with E-state index in [9.17, 15) is 0 Å². The minimum Gasteiger partial charge on any atom is -0.324 e. The van der Waals surface area contributed by atoms with Gasteiger partial charge in [-0.2, -0.15) is 0 Å². The molecule has 0 fully saturated rings. The zero-order chi connectivity index (χ0) is 25.0. The number of quaternary nitrogens is 1. The zero-order valence-corrected chi connectivity index (χ0v) is 25.0. The standard InChI is InChI=1S/C33H70N/c1-5-9-10-11-12-13-14-15-16-17-18-19-20-21-22-23-24-25-26-27-28-29-33-34(30-6-2,31-7-3)32-8-4/h5-33H2,1-4H3/q+1. The van der Waals surface area contributed by atoms with Crippen molar-refractivity contribution in [1.29, 1.82) is 0 Å². The molecule has 0 amide bonds. The number of hydrogen-bond donors (Lipinski definition) is 0. The van der Waals surface area contributed by atoms with Crippen LogP contribution in [0.15, 0.2) is 0 Å². The van der Waals surface area contributed by atoms with Gasteiger partial charge >= 0.3 is 0 Å². The second-order valence-corrected chi connectivity index (χ2v) is 11.7. The van der Waals surface area contributed by atoms with Crippen molar-refractivity contribution in [2.24, 2.45) is 0 Å². The van der Waals surface area contributed by atoms with Gasteiger partial charge in [-0.1, -0.05) is 156 Å². The highest BCUT2D eigenvalue weighted by molar-refractivity contribution is 4.52. The summed E-state index contributed by atoms with van der Waals surface area (Å²) < 4.78 is 1.41. The second-order valence-electron chi connectivity index (χ2n) is 11.7. The molecule has 1 heteroatoms. The van der Waals surface area contributed by atoms with E-state index in [1.54, 1.807) is 0 Å². The van der Waals surface area contributed by atoms with Gasteiger partial charge in [-0.25, -0.2) is 0 Å². The molecule has 0 unspecified atom stereocenters. The molecule has 0 saturated heterocycles. The summed E-state index contributed by atoms with van der Waals surface area (Å²) in [7, 11) is 0. The van der Waals surface area contributed by atoms with Crippen LogP contribution < -0.4 is 0 Å². The zero-order valence-electron chi connectivity index (χ0n) is 25.0. The summed E-state index contributed by atoms with van der Waals surface area (Å²) in [4.78, 5) is 0. The Kier molecular flexibility index (Phi) is 27.5. The highest BCUT2D eigenvalue weighted by Crippen LogP contribution is 2.17. The van der Waals surface area contributed by atoms with Crippen LogP contribution in [0.5, 0.6) is 0 Å². The van der Waals surface area contributed by atoms with Crippen molar-refractivity contribution in [2.75, 3.05) is 26.2 Å². The fourth-order valence-corrected chi connectivity index (χ4v) is 6.15. The summed E-state index contributed by atoms with van der Waals surface area (Å²) in [6.45, 7) is 15.1. The molecule has 0 radical (unpaired) electrons. The Hall–Kier alpha value is -0.0400. The molecule has 0 aromatic heterocycles. The van der Waals surface area contributed by atoms with E-state index in [1.807, 2.05) is 0 Å². The predicted molar refractivity (Wildman–Crippen MR) is 158 cm³/mol. The quantitative estimate of drug-likeness (QED) is 0.0737. The van der Waals surface area contributed by atoms with Gasteiger partial charge < -0.3 is 4.48 Å². The van der Waals surface area contributed by atoms with Crippen LogP contribution in [0, 0.1) is 0 Å². The fraction of sp³-hybridized carbons (Fsp3) is 1.00. The van der Waals surface area contributed by atoms with Gasteiger partial charge in [0.15, 0.2) is 0 Å². The molecule has 0 saturated carbocycles. The summed E-state index contributed by atoms with van der Waals surface area (Å²) in [6.07, 6.45) is 36.5. The van der Waals surface area contributed by atoms with Gasteiger partial charge in [-0.05, 0) is 32.1 Å². The van der Waals surface area contributed by atoms with Gasteiger partial charge in [0.25, 0.3) is 0 Å². The SMILES string of the molecule is CCCCCCCCCCCCCCCCCCCCCCCC[N+](CCC)(CCC)CCC. The molecule has 0 aliphatic carbocycles. The number of rotatable bonds is 29. The third-order valence-corrected chi connectivity index (χ3v) is 8.08. The molecule has 0 aromatic carbocycles. The van der Waals surface area contributed by atoms with Crippen molar-refractivity contribution < 1.29 is 4.48 Å². The fourth-order valence-electron chi connectivity index (χ4n) is 6.15. The van der Waals surface area contributed by atoms with Crippen molar-refractivity contribution in [3.8, 4) is 0 Å². The summed E-state index contributed by atoms with van der Waals surface area (Å²) in [5.41, 5.74) is 0. The average Bonchev–Trinajstić information content (AvgIpc) is 2.83. The first-order valence-electron chi connectivity index (χ1n) is 16.6.